The molecule has 0 aliphatic carbocycles. The van der Waals surface area contributed by atoms with Crippen molar-refractivity contribution in [2.24, 2.45) is 0 Å². The van der Waals surface area contributed by atoms with Crippen molar-refractivity contribution in [1.82, 2.24) is 4.90 Å². The Bertz CT molecular complexity index is 670. The number of para-hydroxylation sites is 1. The molecule has 0 aliphatic rings. The molecule has 0 radical (unpaired) electrons. The van der Waals surface area contributed by atoms with Crippen LogP contribution in [-0.2, 0) is 11.2 Å². The van der Waals surface area contributed by atoms with Crippen LogP contribution in [0.2, 0.25) is 0 Å². The summed E-state index contributed by atoms with van der Waals surface area (Å²) in [6.45, 7) is 4.49. The number of rotatable bonds is 7. The molecule has 128 valence electrons. The molecule has 1 amide bonds. The highest BCUT2D eigenvalue weighted by Crippen LogP contribution is 2.22. The average Bonchev–Trinajstić information content (AvgIpc) is 2.60. The van der Waals surface area contributed by atoms with Gasteiger partial charge in [-0.15, -0.1) is 0 Å². The minimum atomic E-state index is -0.271. The van der Waals surface area contributed by atoms with Gasteiger partial charge in [0.1, 0.15) is 11.6 Å². The van der Waals surface area contributed by atoms with Crippen molar-refractivity contribution in [3.8, 4) is 5.75 Å². The zero-order valence-electron chi connectivity index (χ0n) is 14.5. The first-order chi connectivity index (χ1) is 11.5. The number of hydrogen-bond acceptors (Lipinski definition) is 2. The number of amides is 1. The highest BCUT2D eigenvalue weighted by atomic mass is 19.1. The van der Waals surface area contributed by atoms with E-state index in [1.165, 1.54) is 12.1 Å². The molecule has 24 heavy (non-hydrogen) atoms. The SMILES string of the molecule is CCOc1ccccc1CCC(=O)N(C)C(C)c1ccc(F)cc1. The molecule has 2 aromatic carbocycles. The van der Waals surface area contributed by atoms with Crippen LogP contribution < -0.4 is 4.74 Å². The number of carbonyl (C=O) groups is 1. The first kappa shape index (κ1) is 18.0. The quantitative estimate of drug-likeness (QED) is 0.754. The van der Waals surface area contributed by atoms with Crippen LogP contribution in [0, 0.1) is 5.82 Å². The summed E-state index contributed by atoms with van der Waals surface area (Å²) in [6, 6.07) is 14.0. The van der Waals surface area contributed by atoms with Crippen molar-refractivity contribution >= 4 is 5.91 Å². The molecule has 0 N–H and O–H groups in total. The zero-order valence-corrected chi connectivity index (χ0v) is 14.5. The van der Waals surface area contributed by atoms with Crippen LogP contribution in [0.3, 0.4) is 0 Å². The number of ether oxygens (including phenoxy) is 1. The Kier molecular flexibility index (Phi) is 6.36. The van der Waals surface area contributed by atoms with E-state index in [1.54, 1.807) is 24.1 Å². The van der Waals surface area contributed by atoms with Crippen LogP contribution in [-0.4, -0.2) is 24.5 Å². The van der Waals surface area contributed by atoms with Crippen LogP contribution in [0.1, 0.15) is 37.4 Å². The van der Waals surface area contributed by atoms with Crippen molar-refractivity contribution in [2.75, 3.05) is 13.7 Å². The Morgan fingerprint density at radius 2 is 1.83 bits per heavy atom. The number of halogens is 1. The molecular formula is C20H24FNO2. The summed E-state index contributed by atoms with van der Waals surface area (Å²) in [6.07, 6.45) is 1.04. The number of hydrogen-bond donors (Lipinski definition) is 0. The summed E-state index contributed by atoms with van der Waals surface area (Å²) in [5.41, 5.74) is 1.96. The average molecular weight is 329 g/mol. The maximum Gasteiger partial charge on any atom is 0.223 e. The number of nitrogens with zero attached hydrogens (tertiary/aromatic N) is 1. The molecule has 0 fully saturated rings. The molecule has 2 aromatic rings. The van der Waals surface area contributed by atoms with Gasteiger partial charge in [-0.2, -0.15) is 0 Å². The standard InChI is InChI=1S/C20H24FNO2/c1-4-24-19-8-6-5-7-17(19)11-14-20(23)22(3)15(2)16-9-12-18(21)13-10-16/h5-10,12-13,15H,4,11,14H2,1-3H3. The lowest BCUT2D eigenvalue weighted by atomic mass is 10.1. The highest BCUT2D eigenvalue weighted by molar-refractivity contribution is 5.76. The number of carbonyl (C=O) groups excluding carboxylic acids is 1. The van der Waals surface area contributed by atoms with Crippen molar-refractivity contribution in [3.05, 3.63) is 65.5 Å². The van der Waals surface area contributed by atoms with Crippen molar-refractivity contribution in [1.29, 1.82) is 0 Å². The van der Waals surface area contributed by atoms with E-state index in [9.17, 15) is 9.18 Å². The number of aryl methyl sites for hydroxylation is 1. The van der Waals surface area contributed by atoms with Gasteiger partial charge >= 0.3 is 0 Å². The molecule has 0 aliphatic heterocycles. The van der Waals surface area contributed by atoms with E-state index >= 15 is 0 Å². The molecule has 3 nitrogen and oxygen atoms in total. The van der Waals surface area contributed by atoms with Crippen LogP contribution >= 0.6 is 0 Å². The van der Waals surface area contributed by atoms with Gasteiger partial charge < -0.3 is 9.64 Å². The van der Waals surface area contributed by atoms with E-state index in [-0.39, 0.29) is 17.8 Å². The van der Waals surface area contributed by atoms with Gasteiger partial charge in [0.25, 0.3) is 0 Å². The number of benzene rings is 2. The minimum Gasteiger partial charge on any atom is -0.494 e. The van der Waals surface area contributed by atoms with Crippen LogP contribution in [0.15, 0.2) is 48.5 Å². The lowest BCUT2D eigenvalue weighted by Crippen LogP contribution is -2.29. The first-order valence-electron chi connectivity index (χ1n) is 8.24. The van der Waals surface area contributed by atoms with Crippen LogP contribution in [0.5, 0.6) is 5.75 Å². The molecular weight excluding hydrogens is 305 g/mol. The van der Waals surface area contributed by atoms with Gasteiger partial charge in [0.2, 0.25) is 5.91 Å². The Balaban J connectivity index is 1.98. The summed E-state index contributed by atoms with van der Waals surface area (Å²) in [5.74, 6) is 0.618. The van der Waals surface area contributed by atoms with Gasteiger partial charge in [-0.1, -0.05) is 30.3 Å². The van der Waals surface area contributed by atoms with Gasteiger partial charge in [0.15, 0.2) is 0 Å². The summed E-state index contributed by atoms with van der Waals surface area (Å²) >= 11 is 0. The summed E-state index contributed by atoms with van der Waals surface area (Å²) in [7, 11) is 1.78. The second kappa shape index (κ2) is 8.48. The van der Waals surface area contributed by atoms with E-state index in [1.807, 2.05) is 38.1 Å². The lowest BCUT2D eigenvalue weighted by molar-refractivity contribution is -0.131. The topological polar surface area (TPSA) is 29.5 Å². The van der Waals surface area contributed by atoms with Gasteiger partial charge in [0.05, 0.1) is 12.6 Å². The van der Waals surface area contributed by atoms with Crippen LogP contribution in [0.4, 0.5) is 4.39 Å². The summed E-state index contributed by atoms with van der Waals surface area (Å²) in [4.78, 5) is 14.2. The summed E-state index contributed by atoms with van der Waals surface area (Å²) < 4.78 is 18.6. The molecule has 0 aromatic heterocycles. The molecule has 1 unspecified atom stereocenters. The van der Waals surface area contributed by atoms with Gasteiger partial charge in [-0.3, -0.25) is 4.79 Å². The second-order valence-corrected chi connectivity index (χ2v) is 5.77. The van der Waals surface area contributed by atoms with E-state index in [4.69, 9.17) is 4.74 Å². The van der Waals surface area contributed by atoms with Crippen molar-refractivity contribution < 1.29 is 13.9 Å². The van der Waals surface area contributed by atoms with E-state index in [0.29, 0.717) is 19.4 Å². The second-order valence-electron chi connectivity index (χ2n) is 5.77. The third-order valence-electron chi connectivity index (χ3n) is 4.21. The lowest BCUT2D eigenvalue weighted by Gasteiger charge is -2.25. The van der Waals surface area contributed by atoms with Crippen LogP contribution in [0.25, 0.3) is 0 Å². The highest BCUT2D eigenvalue weighted by Gasteiger charge is 2.17. The fourth-order valence-electron chi connectivity index (χ4n) is 2.61. The Hall–Kier alpha value is -2.36. The Morgan fingerprint density at radius 1 is 1.17 bits per heavy atom. The minimum absolute atomic E-state index is 0.0538. The maximum atomic E-state index is 13.0. The summed E-state index contributed by atoms with van der Waals surface area (Å²) in [5, 5.41) is 0. The normalized spacial score (nSPS) is 11.8. The molecule has 0 heterocycles. The maximum absolute atomic E-state index is 13.0. The fraction of sp³-hybridized carbons (Fsp3) is 0.350. The predicted molar refractivity (Wildman–Crippen MR) is 93.5 cm³/mol. The third-order valence-corrected chi connectivity index (χ3v) is 4.21. The van der Waals surface area contributed by atoms with Crippen molar-refractivity contribution in [2.45, 2.75) is 32.7 Å². The molecule has 2 rings (SSSR count). The Labute approximate surface area is 143 Å². The first-order valence-corrected chi connectivity index (χ1v) is 8.24. The largest absolute Gasteiger partial charge is 0.494 e. The van der Waals surface area contributed by atoms with E-state index < -0.39 is 0 Å². The fourth-order valence-corrected chi connectivity index (χ4v) is 2.61. The van der Waals surface area contributed by atoms with Crippen molar-refractivity contribution in [3.63, 3.8) is 0 Å². The van der Waals surface area contributed by atoms with E-state index in [2.05, 4.69) is 0 Å². The smallest absolute Gasteiger partial charge is 0.223 e. The molecule has 0 spiro atoms. The molecule has 4 heteroatoms. The van der Waals surface area contributed by atoms with Gasteiger partial charge in [-0.05, 0) is 49.6 Å². The molecule has 0 saturated heterocycles. The van der Waals surface area contributed by atoms with Gasteiger partial charge in [-0.25, -0.2) is 4.39 Å². The third kappa shape index (κ3) is 4.57. The zero-order chi connectivity index (χ0) is 17.5. The molecule has 0 bridgehead atoms. The van der Waals surface area contributed by atoms with E-state index in [0.717, 1.165) is 16.9 Å². The molecule has 1 atom stereocenters. The monoisotopic (exact) mass is 329 g/mol. The molecule has 0 saturated carbocycles. The van der Waals surface area contributed by atoms with Gasteiger partial charge in [0, 0.05) is 13.5 Å². The Morgan fingerprint density at radius 3 is 2.50 bits per heavy atom. The predicted octanol–water partition coefficient (Wildman–Crippen LogP) is 4.38.